The lowest BCUT2D eigenvalue weighted by Gasteiger charge is -2.42. The van der Waals surface area contributed by atoms with Crippen LogP contribution in [0.15, 0.2) is 12.1 Å². The van der Waals surface area contributed by atoms with Crippen LogP contribution in [0, 0.1) is 0 Å². The molecule has 1 heterocycles. The molecule has 6 heteroatoms. The Morgan fingerprint density at radius 1 is 1.30 bits per heavy atom. The highest BCUT2D eigenvalue weighted by molar-refractivity contribution is 6.06. The summed E-state index contributed by atoms with van der Waals surface area (Å²) in [5.41, 5.74) is 1.04. The molecule has 0 bridgehead atoms. The van der Waals surface area contributed by atoms with Crippen molar-refractivity contribution in [3.63, 3.8) is 0 Å². The number of carboxylic acids is 1. The Morgan fingerprint density at radius 3 is 2.70 bits per heavy atom. The molecule has 1 aliphatic heterocycles. The summed E-state index contributed by atoms with van der Waals surface area (Å²) in [5, 5.41) is 12.3. The average molecular weight is 319 g/mol. The monoisotopic (exact) mass is 319 g/mol. The fourth-order valence-electron chi connectivity index (χ4n) is 3.62. The number of hydrogen-bond acceptors (Lipinski definition) is 5. The van der Waals surface area contributed by atoms with Crippen molar-refractivity contribution in [2.75, 3.05) is 19.0 Å². The third-order valence-electron chi connectivity index (χ3n) is 4.65. The number of ketones is 1. The van der Waals surface area contributed by atoms with Gasteiger partial charge < -0.3 is 19.9 Å². The first kappa shape index (κ1) is 15.6. The van der Waals surface area contributed by atoms with E-state index in [1.807, 2.05) is 0 Å². The molecular formula is C17H21NO5. The van der Waals surface area contributed by atoms with Crippen molar-refractivity contribution in [1.82, 2.24) is 0 Å². The zero-order valence-corrected chi connectivity index (χ0v) is 13.2. The molecule has 0 aromatic heterocycles. The van der Waals surface area contributed by atoms with Gasteiger partial charge >= 0.3 is 5.97 Å². The summed E-state index contributed by atoms with van der Waals surface area (Å²) >= 11 is 0. The second-order valence-electron chi connectivity index (χ2n) is 6.30. The van der Waals surface area contributed by atoms with Gasteiger partial charge in [0.15, 0.2) is 12.4 Å². The minimum absolute atomic E-state index is 0.0716. The maximum atomic E-state index is 12.7. The molecule has 1 spiro atoms. The van der Waals surface area contributed by atoms with Gasteiger partial charge in [-0.25, -0.2) is 4.79 Å². The van der Waals surface area contributed by atoms with Gasteiger partial charge in [-0.2, -0.15) is 0 Å². The second kappa shape index (κ2) is 6.10. The van der Waals surface area contributed by atoms with Crippen LogP contribution in [0.5, 0.6) is 11.5 Å². The number of fused-ring (bicyclic) bond motifs is 1. The Morgan fingerprint density at radius 2 is 2.04 bits per heavy atom. The second-order valence-corrected chi connectivity index (χ2v) is 6.30. The number of aliphatic carboxylic acids is 1. The number of hydrogen-bond donors (Lipinski definition) is 2. The van der Waals surface area contributed by atoms with E-state index in [1.54, 1.807) is 12.1 Å². The summed E-state index contributed by atoms with van der Waals surface area (Å²) < 4.78 is 10.6. The number of Topliss-reactive ketones (excluding diaryl/α,β-unsaturated/α-hetero) is 1. The molecule has 23 heavy (non-hydrogen) atoms. The number of nitrogens with one attached hydrogen (secondary N) is 1. The molecule has 1 fully saturated rings. The molecule has 0 atom stereocenters. The number of carboxylic acid groups (broad SMARTS) is 1. The number of carbonyl (C=O) groups is 2. The molecule has 2 aliphatic rings. The van der Waals surface area contributed by atoms with Crippen LogP contribution in [0.1, 0.15) is 48.9 Å². The third kappa shape index (κ3) is 3.11. The first-order chi connectivity index (χ1) is 11.0. The van der Waals surface area contributed by atoms with E-state index in [0.29, 0.717) is 29.2 Å². The van der Waals surface area contributed by atoms with Crippen LogP contribution in [0.2, 0.25) is 0 Å². The predicted octanol–water partition coefficient (Wildman–Crippen LogP) is 2.86. The van der Waals surface area contributed by atoms with Crippen LogP contribution in [-0.2, 0) is 4.79 Å². The van der Waals surface area contributed by atoms with Gasteiger partial charge in [0.05, 0.1) is 18.4 Å². The topological polar surface area (TPSA) is 84.9 Å². The maximum Gasteiger partial charge on any atom is 0.341 e. The molecule has 0 saturated heterocycles. The predicted molar refractivity (Wildman–Crippen MR) is 84.5 cm³/mol. The van der Waals surface area contributed by atoms with Gasteiger partial charge in [-0.05, 0) is 12.8 Å². The van der Waals surface area contributed by atoms with Gasteiger partial charge in [0.25, 0.3) is 0 Å². The normalized spacial score (nSPS) is 18.9. The number of methoxy groups -OCH3 is 1. The molecule has 6 nitrogen and oxygen atoms in total. The molecule has 1 aliphatic carbocycles. The van der Waals surface area contributed by atoms with Gasteiger partial charge in [-0.15, -0.1) is 0 Å². The fraction of sp³-hybridized carbons (Fsp3) is 0.529. The van der Waals surface area contributed by atoms with Crippen LogP contribution in [0.3, 0.4) is 0 Å². The lowest BCUT2D eigenvalue weighted by Crippen LogP contribution is -2.45. The Labute approximate surface area is 134 Å². The molecule has 1 saturated carbocycles. The molecule has 0 radical (unpaired) electrons. The molecule has 1 aromatic rings. The highest BCUT2D eigenvalue weighted by Gasteiger charge is 2.40. The van der Waals surface area contributed by atoms with Crippen LogP contribution in [-0.4, -0.2) is 36.1 Å². The Bertz CT molecular complexity index is 634. The van der Waals surface area contributed by atoms with Crippen molar-refractivity contribution >= 4 is 17.4 Å². The lowest BCUT2D eigenvalue weighted by molar-refractivity contribution is -0.139. The van der Waals surface area contributed by atoms with E-state index in [4.69, 9.17) is 14.6 Å². The van der Waals surface area contributed by atoms with E-state index in [0.717, 1.165) is 25.7 Å². The quantitative estimate of drug-likeness (QED) is 0.887. The van der Waals surface area contributed by atoms with Crippen LogP contribution in [0.25, 0.3) is 0 Å². The van der Waals surface area contributed by atoms with E-state index in [2.05, 4.69) is 5.32 Å². The summed E-state index contributed by atoms with van der Waals surface area (Å²) in [6.07, 6.45) is 5.85. The number of benzene rings is 1. The fourth-order valence-corrected chi connectivity index (χ4v) is 3.62. The highest BCUT2D eigenvalue weighted by atomic mass is 16.5. The van der Waals surface area contributed by atoms with E-state index in [9.17, 15) is 9.59 Å². The molecule has 2 N–H and O–H groups in total. The zero-order valence-electron chi connectivity index (χ0n) is 13.2. The van der Waals surface area contributed by atoms with E-state index < -0.39 is 12.6 Å². The number of carbonyl (C=O) groups excluding carboxylic acids is 1. The molecule has 1 aromatic carbocycles. The van der Waals surface area contributed by atoms with Crippen molar-refractivity contribution in [1.29, 1.82) is 0 Å². The van der Waals surface area contributed by atoms with Gasteiger partial charge in [-0.3, -0.25) is 4.79 Å². The van der Waals surface area contributed by atoms with E-state index >= 15 is 0 Å². The van der Waals surface area contributed by atoms with Crippen molar-refractivity contribution in [2.24, 2.45) is 0 Å². The van der Waals surface area contributed by atoms with Crippen molar-refractivity contribution in [2.45, 2.75) is 44.1 Å². The summed E-state index contributed by atoms with van der Waals surface area (Å²) in [5.74, 6) is -0.168. The lowest BCUT2D eigenvalue weighted by atomic mass is 9.74. The minimum atomic E-state index is -1.05. The zero-order chi connectivity index (χ0) is 16.4. The highest BCUT2D eigenvalue weighted by Crippen LogP contribution is 2.44. The summed E-state index contributed by atoms with van der Waals surface area (Å²) in [7, 11) is 1.49. The molecule has 0 amide bonds. The van der Waals surface area contributed by atoms with E-state index in [1.165, 1.54) is 13.5 Å². The van der Waals surface area contributed by atoms with Crippen LogP contribution < -0.4 is 14.8 Å². The number of anilines is 1. The van der Waals surface area contributed by atoms with E-state index in [-0.39, 0.29) is 11.3 Å². The minimum Gasteiger partial charge on any atom is -0.496 e. The Balaban J connectivity index is 1.95. The number of ether oxygens (including phenoxy) is 2. The SMILES string of the molecule is COc1cc(OCC(=O)O)cc2c1C(=O)CC1(CCCCC1)N2. The molecule has 124 valence electrons. The van der Waals surface area contributed by atoms with Gasteiger partial charge in [-0.1, -0.05) is 19.3 Å². The first-order valence-electron chi connectivity index (χ1n) is 7.91. The standard InChI is InChI=1S/C17H21NO5/c1-22-14-8-11(23-10-15(20)21)7-12-16(14)13(19)9-17(18-12)5-3-2-4-6-17/h7-8,18H,2-6,9-10H2,1H3,(H,20,21). The molecular weight excluding hydrogens is 298 g/mol. The van der Waals surface area contributed by atoms with Crippen LogP contribution >= 0.6 is 0 Å². The Hall–Kier alpha value is -2.24. The van der Waals surface area contributed by atoms with Crippen molar-refractivity contribution < 1.29 is 24.2 Å². The average Bonchev–Trinajstić information content (AvgIpc) is 2.52. The molecule has 3 rings (SSSR count). The maximum absolute atomic E-state index is 12.7. The Kier molecular flexibility index (Phi) is 4.15. The first-order valence-corrected chi connectivity index (χ1v) is 7.91. The van der Waals surface area contributed by atoms with Gasteiger partial charge in [0.1, 0.15) is 11.5 Å². The third-order valence-corrected chi connectivity index (χ3v) is 4.65. The summed E-state index contributed by atoms with van der Waals surface area (Å²) in [6, 6.07) is 3.27. The van der Waals surface area contributed by atoms with Crippen molar-refractivity contribution in [3.05, 3.63) is 17.7 Å². The number of rotatable bonds is 4. The van der Waals surface area contributed by atoms with Gasteiger partial charge in [0.2, 0.25) is 0 Å². The summed E-state index contributed by atoms with van der Waals surface area (Å²) in [4.78, 5) is 23.3. The van der Waals surface area contributed by atoms with Gasteiger partial charge in [0, 0.05) is 24.1 Å². The largest absolute Gasteiger partial charge is 0.496 e. The smallest absolute Gasteiger partial charge is 0.341 e. The van der Waals surface area contributed by atoms with Crippen LogP contribution in [0.4, 0.5) is 5.69 Å². The summed E-state index contributed by atoms with van der Waals surface area (Å²) in [6.45, 7) is -0.430. The van der Waals surface area contributed by atoms with Crippen molar-refractivity contribution in [3.8, 4) is 11.5 Å². The molecule has 0 unspecified atom stereocenters.